The number of aliphatic hydroxyl groups is 1. The first-order valence-electron chi connectivity index (χ1n) is 6.61. The quantitative estimate of drug-likeness (QED) is 0.805. The molecule has 2 heteroatoms. The van der Waals surface area contributed by atoms with Gasteiger partial charge >= 0.3 is 0 Å². The molecule has 0 spiro atoms. The smallest absolute Gasteiger partial charge is 0.104 e. The molecule has 1 aliphatic rings. The molecule has 2 rings (SSSR count). The minimum atomic E-state index is -0.0785. The summed E-state index contributed by atoms with van der Waals surface area (Å²) >= 11 is 0. The Morgan fingerprint density at radius 3 is 2.89 bits per heavy atom. The number of hydrogen-bond acceptors (Lipinski definition) is 2. The molecule has 2 nitrogen and oxygen atoms in total. The molecule has 1 aromatic rings. The zero-order chi connectivity index (χ0) is 13.0. The lowest BCUT2D eigenvalue weighted by molar-refractivity contribution is 0.256. The van der Waals surface area contributed by atoms with Crippen molar-refractivity contribution in [2.24, 2.45) is 5.92 Å². The van der Waals surface area contributed by atoms with Gasteiger partial charge in [0.2, 0.25) is 0 Å². The Hall–Kier alpha value is -1.30. The molecule has 96 valence electrons. The normalized spacial score (nSPS) is 23.7. The van der Waals surface area contributed by atoms with Crippen molar-refractivity contribution in [3.63, 3.8) is 0 Å². The first-order valence-corrected chi connectivity index (χ1v) is 6.61. The van der Waals surface area contributed by atoms with Crippen LogP contribution in [0.25, 0.3) is 0 Å². The standard InChI is InChI=1S/C16H21NO/c1-13-9-14(2)17(11-13)12-16-6-3-5-15(10-16)7-4-8-18/h3,5-6,10,13-14,18H,8-9,11-12H2,1-2H3. The van der Waals surface area contributed by atoms with Gasteiger partial charge in [-0.3, -0.25) is 4.90 Å². The van der Waals surface area contributed by atoms with E-state index in [1.54, 1.807) is 0 Å². The van der Waals surface area contributed by atoms with E-state index in [9.17, 15) is 0 Å². The van der Waals surface area contributed by atoms with Crippen LogP contribution in [0, 0.1) is 17.8 Å². The van der Waals surface area contributed by atoms with Gasteiger partial charge in [-0.25, -0.2) is 0 Å². The van der Waals surface area contributed by atoms with Gasteiger partial charge in [-0.2, -0.15) is 0 Å². The zero-order valence-electron chi connectivity index (χ0n) is 11.2. The molecule has 0 amide bonds. The third-order valence-corrected chi connectivity index (χ3v) is 3.54. The molecule has 2 atom stereocenters. The summed E-state index contributed by atoms with van der Waals surface area (Å²) in [5.41, 5.74) is 2.29. The molecule has 1 heterocycles. The topological polar surface area (TPSA) is 23.5 Å². The Kier molecular flexibility index (Phi) is 4.41. The molecule has 0 aliphatic carbocycles. The first kappa shape index (κ1) is 13.1. The van der Waals surface area contributed by atoms with Crippen LogP contribution in [0.1, 0.15) is 31.4 Å². The molecular weight excluding hydrogens is 222 g/mol. The van der Waals surface area contributed by atoms with E-state index in [-0.39, 0.29) is 6.61 Å². The molecule has 18 heavy (non-hydrogen) atoms. The van der Waals surface area contributed by atoms with Crippen molar-refractivity contribution in [1.82, 2.24) is 4.90 Å². The largest absolute Gasteiger partial charge is 0.384 e. The summed E-state index contributed by atoms with van der Waals surface area (Å²) in [5, 5.41) is 8.71. The van der Waals surface area contributed by atoms with Crippen LogP contribution in [-0.4, -0.2) is 29.2 Å². The Balaban J connectivity index is 2.05. The fraction of sp³-hybridized carbons (Fsp3) is 0.500. The Morgan fingerprint density at radius 1 is 1.39 bits per heavy atom. The monoisotopic (exact) mass is 243 g/mol. The summed E-state index contributed by atoms with van der Waals surface area (Å²) < 4.78 is 0. The van der Waals surface area contributed by atoms with Crippen LogP contribution in [0.15, 0.2) is 24.3 Å². The van der Waals surface area contributed by atoms with Gasteiger partial charge in [0.15, 0.2) is 0 Å². The number of benzene rings is 1. The van der Waals surface area contributed by atoms with E-state index in [2.05, 4.69) is 42.7 Å². The summed E-state index contributed by atoms with van der Waals surface area (Å²) in [6, 6.07) is 8.98. The number of likely N-dealkylation sites (tertiary alicyclic amines) is 1. The summed E-state index contributed by atoms with van der Waals surface area (Å²) in [4.78, 5) is 2.53. The molecule has 1 aromatic carbocycles. The fourth-order valence-electron chi connectivity index (χ4n) is 2.73. The average Bonchev–Trinajstić information content (AvgIpc) is 2.66. The van der Waals surface area contributed by atoms with Crippen LogP contribution in [0.2, 0.25) is 0 Å². The van der Waals surface area contributed by atoms with E-state index >= 15 is 0 Å². The first-order chi connectivity index (χ1) is 8.69. The molecule has 1 saturated heterocycles. The van der Waals surface area contributed by atoms with Gasteiger partial charge in [0.05, 0.1) is 0 Å². The van der Waals surface area contributed by atoms with Crippen molar-refractivity contribution in [1.29, 1.82) is 0 Å². The second-order valence-corrected chi connectivity index (χ2v) is 5.28. The van der Waals surface area contributed by atoms with Crippen molar-refractivity contribution >= 4 is 0 Å². The van der Waals surface area contributed by atoms with Crippen LogP contribution in [0.4, 0.5) is 0 Å². The van der Waals surface area contributed by atoms with Gasteiger partial charge in [0.25, 0.3) is 0 Å². The van der Waals surface area contributed by atoms with E-state index in [0.717, 1.165) is 18.0 Å². The third-order valence-electron chi connectivity index (χ3n) is 3.54. The number of aliphatic hydroxyl groups excluding tert-OH is 1. The number of nitrogens with zero attached hydrogens (tertiary/aromatic N) is 1. The maximum atomic E-state index is 8.71. The maximum absolute atomic E-state index is 8.71. The molecular formula is C16H21NO. The molecule has 0 aromatic heterocycles. The van der Waals surface area contributed by atoms with Crippen molar-refractivity contribution in [2.45, 2.75) is 32.9 Å². The van der Waals surface area contributed by atoms with Crippen molar-refractivity contribution in [3.05, 3.63) is 35.4 Å². The van der Waals surface area contributed by atoms with Crippen molar-refractivity contribution < 1.29 is 5.11 Å². The van der Waals surface area contributed by atoms with E-state index < -0.39 is 0 Å². The summed E-state index contributed by atoms with van der Waals surface area (Å²) in [6.07, 6.45) is 1.30. The molecule has 0 saturated carbocycles. The highest BCUT2D eigenvalue weighted by Gasteiger charge is 2.25. The van der Waals surface area contributed by atoms with E-state index in [1.165, 1.54) is 18.5 Å². The summed E-state index contributed by atoms with van der Waals surface area (Å²) in [6.45, 7) is 6.73. The lowest BCUT2D eigenvalue weighted by atomic mass is 10.1. The lowest BCUT2D eigenvalue weighted by Gasteiger charge is -2.21. The highest BCUT2D eigenvalue weighted by atomic mass is 16.2. The van der Waals surface area contributed by atoms with Gasteiger partial charge in [-0.05, 0) is 37.0 Å². The molecule has 0 bridgehead atoms. The Bertz CT molecular complexity index is 458. The second-order valence-electron chi connectivity index (χ2n) is 5.28. The fourth-order valence-corrected chi connectivity index (χ4v) is 2.73. The van der Waals surface area contributed by atoms with Crippen LogP contribution >= 0.6 is 0 Å². The maximum Gasteiger partial charge on any atom is 0.104 e. The lowest BCUT2D eigenvalue weighted by Crippen LogP contribution is -2.26. The number of rotatable bonds is 2. The number of hydrogen-bond donors (Lipinski definition) is 1. The van der Waals surface area contributed by atoms with Crippen LogP contribution < -0.4 is 0 Å². The highest BCUT2D eigenvalue weighted by Crippen LogP contribution is 2.24. The summed E-state index contributed by atoms with van der Waals surface area (Å²) in [5.74, 6) is 6.46. The Labute approximate surface area is 110 Å². The molecule has 1 fully saturated rings. The van der Waals surface area contributed by atoms with E-state index in [1.807, 2.05) is 12.1 Å². The van der Waals surface area contributed by atoms with Crippen LogP contribution in [0.5, 0.6) is 0 Å². The minimum absolute atomic E-state index is 0.0785. The van der Waals surface area contributed by atoms with E-state index in [0.29, 0.717) is 6.04 Å². The zero-order valence-corrected chi connectivity index (χ0v) is 11.2. The predicted octanol–water partition coefficient (Wildman–Crippen LogP) is 2.26. The van der Waals surface area contributed by atoms with Crippen molar-refractivity contribution in [3.8, 4) is 11.8 Å². The minimum Gasteiger partial charge on any atom is -0.384 e. The van der Waals surface area contributed by atoms with Gasteiger partial charge < -0.3 is 5.11 Å². The van der Waals surface area contributed by atoms with Gasteiger partial charge in [0.1, 0.15) is 6.61 Å². The predicted molar refractivity (Wildman–Crippen MR) is 74.1 cm³/mol. The van der Waals surface area contributed by atoms with Gasteiger partial charge in [0, 0.05) is 24.7 Å². The third kappa shape index (κ3) is 3.35. The van der Waals surface area contributed by atoms with Crippen LogP contribution in [-0.2, 0) is 6.54 Å². The van der Waals surface area contributed by atoms with Crippen LogP contribution in [0.3, 0.4) is 0 Å². The van der Waals surface area contributed by atoms with Crippen molar-refractivity contribution in [2.75, 3.05) is 13.2 Å². The SMILES string of the molecule is CC1CC(C)N(Cc2cccc(C#CCO)c2)C1. The second kappa shape index (κ2) is 6.04. The summed E-state index contributed by atoms with van der Waals surface area (Å²) in [7, 11) is 0. The molecule has 1 N–H and O–H groups in total. The molecule has 2 unspecified atom stereocenters. The molecule has 0 radical (unpaired) electrons. The average molecular weight is 243 g/mol. The Morgan fingerprint density at radius 2 is 2.22 bits per heavy atom. The highest BCUT2D eigenvalue weighted by molar-refractivity contribution is 5.37. The van der Waals surface area contributed by atoms with E-state index in [4.69, 9.17) is 5.11 Å². The molecule has 1 aliphatic heterocycles. The van der Waals surface area contributed by atoms with Gasteiger partial charge in [-0.1, -0.05) is 30.9 Å². The van der Waals surface area contributed by atoms with Gasteiger partial charge in [-0.15, -0.1) is 0 Å².